The van der Waals surface area contributed by atoms with Gasteiger partial charge in [-0.15, -0.1) is 0 Å². The van der Waals surface area contributed by atoms with Crippen LogP contribution in [0.2, 0.25) is 0 Å². The standard InChI is InChI=1S/C22H27N3O3/c1-4-5-11-28-20-8-6-7-18(13-20)15-23-25-22(27)14-21(26)24-19-10-9-16(2)17(3)12-19/h6-10,12-13,15H,4-5,11,14H2,1-3H3,(H,24,26)(H,25,27). The summed E-state index contributed by atoms with van der Waals surface area (Å²) in [5.74, 6) is -0.105. The van der Waals surface area contributed by atoms with E-state index in [1.807, 2.05) is 56.3 Å². The van der Waals surface area contributed by atoms with Crippen LogP contribution in [0.5, 0.6) is 5.75 Å². The summed E-state index contributed by atoms with van der Waals surface area (Å²) in [5, 5.41) is 6.62. The van der Waals surface area contributed by atoms with E-state index in [0.717, 1.165) is 35.3 Å². The summed E-state index contributed by atoms with van der Waals surface area (Å²) >= 11 is 0. The van der Waals surface area contributed by atoms with Crippen LogP contribution in [0.4, 0.5) is 5.69 Å². The number of hydrazone groups is 1. The van der Waals surface area contributed by atoms with Crippen LogP contribution < -0.4 is 15.5 Å². The normalized spacial score (nSPS) is 10.7. The molecule has 0 aliphatic carbocycles. The number of anilines is 1. The van der Waals surface area contributed by atoms with E-state index >= 15 is 0 Å². The minimum atomic E-state index is -0.479. The Labute approximate surface area is 166 Å². The maximum absolute atomic E-state index is 12.0. The van der Waals surface area contributed by atoms with Gasteiger partial charge in [0, 0.05) is 5.69 Å². The summed E-state index contributed by atoms with van der Waals surface area (Å²) in [6, 6.07) is 13.1. The average Bonchev–Trinajstić information content (AvgIpc) is 2.65. The van der Waals surface area contributed by atoms with E-state index in [4.69, 9.17) is 4.74 Å². The second-order valence-corrected chi connectivity index (χ2v) is 6.59. The van der Waals surface area contributed by atoms with E-state index in [1.54, 1.807) is 0 Å². The molecule has 0 aliphatic rings. The van der Waals surface area contributed by atoms with Crippen molar-refractivity contribution in [3.63, 3.8) is 0 Å². The Hall–Kier alpha value is -3.15. The molecule has 0 aliphatic heterocycles. The molecule has 6 heteroatoms. The van der Waals surface area contributed by atoms with Crippen molar-refractivity contribution >= 4 is 23.7 Å². The van der Waals surface area contributed by atoms with Crippen LogP contribution in [0.1, 0.15) is 42.9 Å². The van der Waals surface area contributed by atoms with E-state index in [2.05, 4.69) is 22.8 Å². The first-order valence-electron chi connectivity index (χ1n) is 9.40. The molecule has 0 radical (unpaired) electrons. The second-order valence-electron chi connectivity index (χ2n) is 6.59. The molecule has 2 amide bonds. The molecule has 2 aromatic rings. The number of aryl methyl sites for hydroxylation is 2. The lowest BCUT2D eigenvalue weighted by Gasteiger charge is -2.07. The van der Waals surface area contributed by atoms with Crippen LogP contribution in [0.25, 0.3) is 0 Å². The van der Waals surface area contributed by atoms with Crippen molar-refractivity contribution in [1.29, 1.82) is 0 Å². The Morgan fingerprint density at radius 3 is 2.64 bits per heavy atom. The molecular formula is C22H27N3O3. The summed E-state index contributed by atoms with van der Waals surface area (Å²) in [6.07, 6.45) is 3.29. The van der Waals surface area contributed by atoms with Gasteiger partial charge in [-0.05, 0) is 61.2 Å². The molecular weight excluding hydrogens is 354 g/mol. The zero-order valence-corrected chi connectivity index (χ0v) is 16.6. The van der Waals surface area contributed by atoms with Gasteiger partial charge >= 0.3 is 0 Å². The summed E-state index contributed by atoms with van der Waals surface area (Å²) in [7, 11) is 0. The molecule has 0 atom stereocenters. The number of benzene rings is 2. The van der Waals surface area contributed by atoms with Crippen LogP contribution in [0.15, 0.2) is 47.6 Å². The van der Waals surface area contributed by atoms with Crippen LogP contribution in [-0.4, -0.2) is 24.6 Å². The number of rotatable bonds is 9. The highest BCUT2D eigenvalue weighted by Crippen LogP contribution is 2.14. The van der Waals surface area contributed by atoms with Crippen molar-refractivity contribution < 1.29 is 14.3 Å². The first-order valence-corrected chi connectivity index (χ1v) is 9.40. The summed E-state index contributed by atoms with van der Waals surface area (Å²) in [4.78, 5) is 23.9. The topological polar surface area (TPSA) is 79.8 Å². The fraction of sp³-hybridized carbons (Fsp3) is 0.318. The maximum atomic E-state index is 12.0. The SMILES string of the molecule is CCCCOc1cccc(C=NNC(=O)CC(=O)Nc2ccc(C)c(C)c2)c1. The van der Waals surface area contributed by atoms with Gasteiger partial charge in [0.15, 0.2) is 0 Å². The van der Waals surface area contributed by atoms with Gasteiger partial charge in [-0.2, -0.15) is 5.10 Å². The van der Waals surface area contributed by atoms with E-state index < -0.39 is 5.91 Å². The smallest absolute Gasteiger partial charge is 0.249 e. The number of ether oxygens (including phenoxy) is 1. The molecule has 0 saturated heterocycles. The van der Waals surface area contributed by atoms with Crippen molar-refractivity contribution in [3.8, 4) is 5.75 Å². The third-order valence-electron chi connectivity index (χ3n) is 4.14. The minimum absolute atomic E-state index is 0.301. The Kier molecular flexibility index (Phi) is 8.21. The predicted molar refractivity (Wildman–Crippen MR) is 112 cm³/mol. The Morgan fingerprint density at radius 1 is 1.07 bits per heavy atom. The van der Waals surface area contributed by atoms with Gasteiger partial charge in [0.25, 0.3) is 0 Å². The van der Waals surface area contributed by atoms with Gasteiger partial charge in [0.05, 0.1) is 12.8 Å². The minimum Gasteiger partial charge on any atom is -0.494 e. The highest BCUT2D eigenvalue weighted by atomic mass is 16.5. The quantitative estimate of drug-likeness (QED) is 0.299. The zero-order chi connectivity index (χ0) is 20.4. The fourth-order valence-electron chi connectivity index (χ4n) is 2.41. The third kappa shape index (κ3) is 7.23. The molecule has 0 spiro atoms. The van der Waals surface area contributed by atoms with Crippen LogP contribution in [-0.2, 0) is 9.59 Å². The van der Waals surface area contributed by atoms with Crippen molar-refractivity contribution in [1.82, 2.24) is 5.43 Å². The lowest BCUT2D eigenvalue weighted by atomic mass is 10.1. The van der Waals surface area contributed by atoms with Crippen LogP contribution in [0.3, 0.4) is 0 Å². The van der Waals surface area contributed by atoms with E-state index in [-0.39, 0.29) is 12.3 Å². The van der Waals surface area contributed by atoms with Gasteiger partial charge in [-0.25, -0.2) is 5.43 Å². The van der Waals surface area contributed by atoms with Gasteiger partial charge in [0.1, 0.15) is 12.2 Å². The molecule has 2 aromatic carbocycles. The first-order chi connectivity index (χ1) is 13.5. The molecule has 0 heterocycles. The number of carbonyl (C=O) groups is 2. The van der Waals surface area contributed by atoms with E-state index in [9.17, 15) is 9.59 Å². The largest absolute Gasteiger partial charge is 0.494 e. The monoisotopic (exact) mass is 381 g/mol. The Morgan fingerprint density at radius 2 is 1.89 bits per heavy atom. The lowest BCUT2D eigenvalue weighted by molar-refractivity contribution is -0.126. The van der Waals surface area contributed by atoms with Gasteiger partial charge in [-0.3, -0.25) is 9.59 Å². The number of nitrogens with one attached hydrogen (secondary N) is 2. The van der Waals surface area contributed by atoms with Gasteiger partial charge in [-0.1, -0.05) is 31.5 Å². The highest BCUT2D eigenvalue weighted by Gasteiger charge is 2.09. The molecule has 0 aromatic heterocycles. The number of hydrogen-bond acceptors (Lipinski definition) is 4. The molecule has 0 bridgehead atoms. The van der Waals surface area contributed by atoms with Crippen molar-refractivity contribution in [2.75, 3.05) is 11.9 Å². The molecule has 148 valence electrons. The zero-order valence-electron chi connectivity index (χ0n) is 16.6. The van der Waals surface area contributed by atoms with Crippen LogP contribution >= 0.6 is 0 Å². The Bertz CT molecular complexity index is 847. The van der Waals surface area contributed by atoms with Gasteiger partial charge < -0.3 is 10.1 Å². The molecule has 0 unspecified atom stereocenters. The fourth-order valence-corrected chi connectivity index (χ4v) is 2.41. The Balaban J connectivity index is 1.80. The number of amides is 2. The summed E-state index contributed by atoms with van der Waals surface area (Å²) in [5.41, 5.74) is 6.06. The van der Waals surface area contributed by atoms with Crippen molar-refractivity contribution in [2.24, 2.45) is 5.10 Å². The molecule has 6 nitrogen and oxygen atoms in total. The third-order valence-corrected chi connectivity index (χ3v) is 4.14. The number of hydrogen-bond donors (Lipinski definition) is 2. The molecule has 2 rings (SSSR count). The number of carbonyl (C=O) groups excluding carboxylic acids is 2. The maximum Gasteiger partial charge on any atom is 0.249 e. The molecule has 28 heavy (non-hydrogen) atoms. The van der Waals surface area contributed by atoms with Gasteiger partial charge in [0.2, 0.25) is 11.8 Å². The summed E-state index contributed by atoms with van der Waals surface area (Å²) in [6.45, 7) is 6.75. The average molecular weight is 381 g/mol. The van der Waals surface area contributed by atoms with Crippen LogP contribution in [0, 0.1) is 13.8 Å². The van der Waals surface area contributed by atoms with E-state index in [0.29, 0.717) is 12.3 Å². The molecule has 2 N–H and O–H groups in total. The summed E-state index contributed by atoms with van der Waals surface area (Å²) < 4.78 is 5.64. The predicted octanol–water partition coefficient (Wildman–Crippen LogP) is 3.96. The number of unbranched alkanes of at least 4 members (excludes halogenated alkanes) is 1. The molecule has 0 saturated carbocycles. The van der Waals surface area contributed by atoms with Crippen molar-refractivity contribution in [2.45, 2.75) is 40.0 Å². The van der Waals surface area contributed by atoms with E-state index in [1.165, 1.54) is 6.21 Å². The molecule has 0 fully saturated rings. The first kappa shape index (κ1) is 21.2. The second kappa shape index (κ2) is 10.9. The van der Waals surface area contributed by atoms with Crippen molar-refractivity contribution in [3.05, 3.63) is 59.2 Å². The lowest BCUT2D eigenvalue weighted by Crippen LogP contribution is -2.24. The highest BCUT2D eigenvalue weighted by molar-refractivity contribution is 6.03. The number of nitrogens with zero attached hydrogens (tertiary/aromatic N) is 1.